The molecule has 1 aromatic heterocycles. The van der Waals surface area contributed by atoms with Gasteiger partial charge in [0.25, 0.3) is 0 Å². The van der Waals surface area contributed by atoms with Gasteiger partial charge in [0.05, 0.1) is 0 Å². The molecule has 18 heavy (non-hydrogen) atoms. The summed E-state index contributed by atoms with van der Waals surface area (Å²) in [7, 11) is 0. The van der Waals surface area contributed by atoms with Gasteiger partial charge in [0.1, 0.15) is 0 Å². The van der Waals surface area contributed by atoms with E-state index in [1.54, 1.807) is 0 Å². The maximum absolute atomic E-state index is 3.83. The van der Waals surface area contributed by atoms with Crippen LogP contribution in [0.3, 0.4) is 0 Å². The summed E-state index contributed by atoms with van der Waals surface area (Å²) in [6, 6.07) is 2.94. The summed E-state index contributed by atoms with van der Waals surface area (Å²) in [6.45, 7) is 8.49. The molecule has 2 aliphatic carbocycles. The third-order valence-corrected chi connectivity index (χ3v) is 7.64. The van der Waals surface area contributed by atoms with E-state index in [4.69, 9.17) is 0 Å². The first-order valence-electron chi connectivity index (χ1n) is 6.90. The molecule has 2 fully saturated rings. The highest BCUT2D eigenvalue weighted by Gasteiger charge is 2.60. The zero-order valence-electron chi connectivity index (χ0n) is 11.4. The molecule has 3 rings (SSSR count). The summed E-state index contributed by atoms with van der Waals surface area (Å²) in [5, 5.41) is 6.00. The minimum absolute atomic E-state index is 0.492. The minimum atomic E-state index is 0.492. The van der Waals surface area contributed by atoms with Crippen molar-refractivity contribution in [3.8, 4) is 0 Å². The van der Waals surface area contributed by atoms with Gasteiger partial charge in [0.15, 0.2) is 0 Å². The van der Waals surface area contributed by atoms with Crippen molar-refractivity contribution in [1.29, 1.82) is 0 Å². The molecule has 1 heterocycles. The lowest BCUT2D eigenvalue weighted by atomic mass is 9.69. The number of fused-ring (bicyclic) bond motifs is 2. The van der Waals surface area contributed by atoms with Crippen LogP contribution in [-0.2, 0) is 6.54 Å². The highest BCUT2D eigenvalue weighted by Crippen LogP contribution is 2.65. The van der Waals surface area contributed by atoms with E-state index in [0.717, 1.165) is 12.5 Å². The zero-order chi connectivity index (χ0) is 13.0. The van der Waals surface area contributed by atoms with E-state index in [1.807, 2.05) is 11.3 Å². The van der Waals surface area contributed by atoms with Gasteiger partial charge in [-0.3, -0.25) is 0 Å². The van der Waals surface area contributed by atoms with Crippen LogP contribution in [0.1, 0.15) is 44.9 Å². The second-order valence-corrected chi connectivity index (χ2v) is 8.69. The maximum Gasteiger partial charge on any atom is 0.0302 e. The van der Waals surface area contributed by atoms with Crippen molar-refractivity contribution in [2.75, 3.05) is 0 Å². The molecule has 0 saturated heterocycles. The van der Waals surface area contributed by atoms with Gasteiger partial charge in [-0.25, -0.2) is 0 Å². The lowest BCUT2D eigenvalue weighted by Crippen LogP contribution is -2.44. The molecule has 0 aliphatic heterocycles. The molecule has 100 valence electrons. The van der Waals surface area contributed by atoms with Crippen molar-refractivity contribution < 1.29 is 0 Å². The molecule has 3 unspecified atom stereocenters. The molecule has 2 bridgehead atoms. The first-order valence-corrected chi connectivity index (χ1v) is 8.57. The van der Waals surface area contributed by atoms with Gasteiger partial charge in [-0.15, -0.1) is 11.3 Å². The molecule has 1 aromatic rings. The Bertz CT molecular complexity index is 453. The van der Waals surface area contributed by atoms with Crippen LogP contribution in [0, 0.1) is 16.7 Å². The molecule has 0 amide bonds. The van der Waals surface area contributed by atoms with Gasteiger partial charge in [-0.05, 0) is 58.0 Å². The Morgan fingerprint density at radius 3 is 2.72 bits per heavy atom. The molecule has 2 saturated carbocycles. The fraction of sp³-hybridized carbons (Fsp3) is 0.733. The topological polar surface area (TPSA) is 12.0 Å². The number of halogens is 1. The van der Waals surface area contributed by atoms with Crippen LogP contribution in [0.4, 0.5) is 0 Å². The van der Waals surface area contributed by atoms with Gasteiger partial charge < -0.3 is 5.32 Å². The molecule has 0 aromatic carbocycles. The summed E-state index contributed by atoms with van der Waals surface area (Å²) in [4.78, 5) is 1.44. The number of nitrogens with one attached hydrogen (secondary N) is 1. The Kier molecular flexibility index (Phi) is 3.15. The molecule has 1 nitrogen and oxygen atoms in total. The van der Waals surface area contributed by atoms with E-state index in [2.05, 4.69) is 53.5 Å². The summed E-state index contributed by atoms with van der Waals surface area (Å²) in [6.07, 6.45) is 4.21. The molecule has 0 radical (unpaired) electrons. The van der Waals surface area contributed by atoms with Crippen molar-refractivity contribution in [1.82, 2.24) is 5.32 Å². The summed E-state index contributed by atoms with van der Waals surface area (Å²) < 4.78 is 1.21. The molecule has 2 aliphatic rings. The first kappa shape index (κ1) is 13.1. The fourth-order valence-electron chi connectivity index (χ4n) is 4.18. The minimum Gasteiger partial charge on any atom is -0.309 e. The van der Waals surface area contributed by atoms with Crippen LogP contribution < -0.4 is 5.32 Å². The largest absolute Gasteiger partial charge is 0.309 e. The van der Waals surface area contributed by atoms with Crippen molar-refractivity contribution >= 4 is 27.3 Å². The lowest BCUT2D eigenvalue weighted by Gasteiger charge is -2.39. The highest BCUT2D eigenvalue weighted by molar-refractivity contribution is 9.10. The predicted molar refractivity (Wildman–Crippen MR) is 81.9 cm³/mol. The van der Waals surface area contributed by atoms with Crippen LogP contribution >= 0.6 is 27.3 Å². The van der Waals surface area contributed by atoms with Crippen molar-refractivity contribution in [2.24, 2.45) is 16.7 Å². The van der Waals surface area contributed by atoms with Crippen molar-refractivity contribution in [3.05, 3.63) is 20.8 Å². The molecule has 1 N–H and O–H groups in total. The molecular formula is C15H22BrNS. The van der Waals surface area contributed by atoms with Crippen LogP contribution in [0.15, 0.2) is 15.9 Å². The predicted octanol–water partition coefficient (Wildman–Crippen LogP) is 4.82. The standard InChI is InChI=1S/C15H22BrNS/c1-14(2)10-4-5-15(14,3)13(6-10)17-8-12-7-11(16)9-18-12/h7,9-10,13,17H,4-6,8H2,1-3H3. The van der Waals surface area contributed by atoms with Gasteiger partial charge >= 0.3 is 0 Å². The van der Waals surface area contributed by atoms with Gasteiger partial charge in [0, 0.05) is 27.3 Å². The van der Waals surface area contributed by atoms with Crippen molar-refractivity contribution in [3.63, 3.8) is 0 Å². The number of thiophene rings is 1. The van der Waals surface area contributed by atoms with E-state index in [-0.39, 0.29) is 0 Å². The fourth-order valence-corrected chi connectivity index (χ4v) is 5.58. The van der Waals surface area contributed by atoms with Crippen LogP contribution in [0.2, 0.25) is 0 Å². The molecule has 0 spiro atoms. The van der Waals surface area contributed by atoms with Crippen LogP contribution in [0.25, 0.3) is 0 Å². The quantitative estimate of drug-likeness (QED) is 0.839. The van der Waals surface area contributed by atoms with Gasteiger partial charge in [-0.2, -0.15) is 0 Å². The second-order valence-electron chi connectivity index (χ2n) is 6.78. The van der Waals surface area contributed by atoms with Gasteiger partial charge in [-0.1, -0.05) is 20.8 Å². The number of rotatable bonds is 3. The van der Waals surface area contributed by atoms with Gasteiger partial charge in [0.2, 0.25) is 0 Å². The maximum atomic E-state index is 3.83. The van der Waals surface area contributed by atoms with Crippen molar-refractivity contribution in [2.45, 2.75) is 52.6 Å². The Hall–Kier alpha value is 0.140. The molecule has 3 heteroatoms. The first-order chi connectivity index (χ1) is 8.43. The SMILES string of the molecule is CC1(C)C2CCC1(C)C(NCc1cc(Br)cs1)C2. The van der Waals surface area contributed by atoms with E-state index in [9.17, 15) is 0 Å². The average molecular weight is 328 g/mol. The van der Waals surface area contributed by atoms with E-state index in [1.165, 1.54) is 28.6 Å². The summed E-state index contributed by atoms with van der Waals surface area (Å²) in [5.74, 6) is 0.926. The molecular weight excluding hydrogens is 306 g/mol. The lowest BCUT2D eigenvalue weighted by molar-refractivity contribution is 0.120. The number of hydrogen-bond acceptors (Lipinski definition) is 2. The van der Waals surface area contributed by atoms with E-state index >= 15 is 0 Å². The monoisotopic (exact) mass is 327 g/mol. The van der Waals surface area contributed by atoms with Crippen LogP contribution in [0.5, 0.6) is 0 Å². The number of hydrogen-bond donors (Lipinski definition) is 1. The zero-order valence-corrected chi connectivity index (χ0v) is 13.8. The highest BCUT2D eigenvalue weighted by atomic mass is 79.9. The Morgan fingerprint density at radius 2 is 2.22 bits per heavy atom. The normalized spacial score (nSPS) is 37.3. The smallest absolute Gasteiger partial charge is 0.0302 e. The Morgan fingerprint density at radius 1 is 1.44 bits per heavy atom. The van der Waals surface area contributed by atoms with Crippen LogP contribution in [-0.4, -0.2) is 6.04 Å². The average Bonchev–Trinajstić information content (AvgIpc) is 2.87. The summed E-state index contributed by atoms with van der Waals surface area (Å²) >= 11 is 5.37. The third-order valence-electron chi connectivity index (χ3n) is 5.94. The summed E-state index contributed by atoms with van der Waals surface area (Å²) in [5.41, 5.74) is 1.01. The van der Waals surface area contributed by atoms with E-state index in [0.29, 0.717) is 16.9 Å². The Labute approximate surface area is 122 Å². The molecule has 3 atom stereocenters. The van der Waals surface area contributed by atoms with E-state index < -0.39 is 0 Å². The third kappa shape index (κ3) is 1.82. The Balaban J connectivity index is 1.69. The second kappa shape index (κ2) is 4.32.